The Kier molecular flexibility index (Phi) is 7.02. The SMILES string of the molecule is CCC(C)C(NC(=O)Cc1c(-c2ccc(OC)cc2)oc2c(=O)cc(C)oc12)C(=O)OC. The maximum Gasteiger partial charge on any atom is 0.328 e. The van der Waals surface area contributed by atoms with Gasteiger partial charge in [0, 0.05) is 11.6 Å². The number of fused-ring (bicyclic) bond motifs is 1. The van der Waals surface area contributed by atoms with Crippen molar-refractivity contribution < 1.29 is 27.9 Å². The molecule has 2 heterocycles. The van der Waals surface area contributed by atoms with Crippen molar-refractivity contribution in [3.63, 3.8) is 0 Å². The first kappa shape index (κ1) is 23.1. The highest BCUT2D eigenvalue weighted by molar-refractivity contribution is 5.92. The maximum atomic E-state index is 13.0. The first-order valence-electron chi connectivity index (χ1n) is 10.4. The largest absolute Gasteiger partial charge is 0.497 e. The van der Waals surface area contributed by atoms with Gasteiger partial charge < -0.3 is 23.6 Å². The van der Waals surface area contributed by atoms with Crippen LogP contribution in [0.4, 0.5) is 0 Å². The van der Waals surface area contributed by atoms with E-state index in [1.54, 1.807) is 38.3 Å². The molecule has 8 heteroatoms. The number of ether oxygens (including phenoxy) is 2. The first-order chi connectivity index (χ1) is 15.3. The lowest BCUT2D eigenvalue weighted by Crippen LogP contribution is -2.46. The van der Waals surface area contributed by atoms with Gasteiger partial charge in [0.15, 0.2) is 5.58 Å². The van der Waals surface area contributed by atoms with Gasteiger partial charge >= 0.3 is 5.97 Å². The van der Waals surface area contributed by atoms with Crippen LogP contribution in [0.1, 0.15) is 31.6 Å². The van der Waals surface area contributed by atoms with Crippen molar-refractivity contribution in [2.45, 2.75) is 39.7 Å². The van der Waals surface area contributed by atoms with Gasteiger partial charge in [-0.3, -0.25) is 9.59 Å². The lowest BCUT2D eigenvalue weighted by Gasteiger charge is -2.21. The molecule has 0 saturated carbocycles. The van der Waals surface area contributed by atoms with E-state index in [4.69, 9.17) is 18.3 Å². The summed E-state index contributed by atoms with van der Waals surface area (Å²) >= 11 is 0. The topological polar surface area (TPSA) is 108 Å². The lowest BCUT2D eigenvalue weighted by atomic mass is 9.98. The van der Waals surface area contributed by atoms with E-state index in [2.05, 4.69) is 5.32 Å². The van der Waals surface area contributed by atoms with Crippen molar-refractivity contribution in [2.75, 3.05) is 14.2 Å². The molecular formula is C24H27NO7. The smallest absolute Gasteiger partial charge is 0.328 e. The Morgan fingerprint density at radius 3 is 2.38 bits per heavy atom. The summed E-state index contributed by atoms with van der Waals surface area (Å²) in [4.78, 5) is 37.6. The summed E-state index contributed by atoms with van der Waals surface area (Å²) in [5.41, 5.74) is 1.00. The van der Waals surface area contributed by atoms with Gasteiger partial charge in [-0.05, 0) is 37.1 Å². The van der Waals surface area contributed by atoms with E-state index in [0.29, 0.717) is 34.8 Å². The number of nitrogens with one attached hydrogen (secondary N) is 1. The van der Waals surface area contributed by atoms with Crippen LogP contribution < -0.4 is 15.5 Å². The van der Waals surface area contributed by atoms with E-state index in [1.165, 1.54) is 13.2 Å². The molecule has 8 nitrogen and oxygen atoms in total. The van der Waals surface area contributed by atoms with Gasteiger partial charge in [-0.15, -0.1) is 0 Å². The second-order valence-corrected chi connectivity index (χ2v) is 7.65. The molecule has 0 spiro atoms. The second kappa shape index (κ2) is 9.72. The maximum absolute atomic E-state index is 13.0. The lowest BCUT2D eigenvalue weighted by molar-refractivity contribution is -0.146. The minimum atomic E-state index is -0.783. The third-order valence-corrected chi connectivity index (χ3v) is 5.45. The number of aryl methyl sites for hydroxylation is 1. The minimum Gasteiger partial charge on any atom is -0.497 e. The van der Waals surface area contributed by atoms with Crippen molar-refractivity contribution in [3.05, 3.63) is 51.9 Å². The number of furan rings is 1. The average Bonchev–Trinajstić information content (AvgIpc) is 3.14. The molecule has 2 aromatic heterocycles. The van der Waals surface area contributed by atoms with Gasteiger partial charge in [0.2, 0.25) is 16.9 Å². The molecule has 2 atom stereocenters. The number of carbonyl (C=O) groups is 2. The molecule has 0 aliphatic rings. The second-order valence-electron chi connectivity index (χ2n) is 7.65. The molecule has 0 saturated heterocycles. The molecule has 0 aliphatic heterocycles. The highest BCUT2D eigenvalue weighted by Gasteiger charge is 2.29. The van der Waals surface area contributed by atoms with E-state index in [1.807, 2.05) is 13.8 Å². The Hall–Kier alpha value is -3.55. The van der Waals surface area contributed by atoms with Crippen LogP contribution in [0.2, 0.25) is 0 Å². The van der Waals surface area contributed by atoms with Gasteiger partial charge in [-0.2, -0.15) is 0 Å². The number of hydrogen-bond donors (Lipinski definition) is 1. The van der Waals surface area contributed by atoms with Crippen molar-refractivity contribution in [1.82, 2.24) is 5.32 Å². The number of amides is 1. The standard InChI is InChI=1S/C24H27NO7/c1-6-13(2)20(24(28)30-5)25-19(27)12-17-21(15-7-9-16(29-4)10-8-15)32-23-18(26)11-14(3)31-22(17)23/h7-11,13,20H,6,12H2,1-5H3,(H,25,27). The van der Waals surface area contributed by atoms with Gasteiger partial charge in [0.25, 0.3) is 0 Å². The monoisotopic (exact) mass is 441 g/mol. The number of benzene rings is 1. The summed E-state index contributed by atoms with van der Waals surface area (Å²) in [7, 11) is 2.85. The molecule has 1 amide bonds. The highest BCUT2D eigenvalue weighted by Crippen LogP contribution is 2.34. The molecule has 32 heavy (non-hydrogen) atoms. The van der Waals surface area contributed by atoms with Crippen molar-refractivity contribution in [3.8, 4) is 17.1 Å². The Balaban J connectivity index is 2.04. The van der Waals surface area contributed by atoms with Crippen LogP contribution in [0.5, 0.6) is 5.75 Å². The minimum absolute atomic E-state index is 0.0377. The fourth-order valence-corrected chi connectivity index (χ4v) is 3.48. The summed E-state index contributed by atoms with van der Waals surface area (Å²) in [6, 6.07) is 7.60. The molecule has 0 aliphatic carbocycles. The molecule has 1 N–H and O–H groups in total. The van der Waals surface area contributed by atoms with E-state index in [0.717, 1.165) is 0 Å². The predicted molar refractivity (Wildman–Crippen MR) is 119 cm³/mol. The first-order valence-corrected chi connectivity index (χ1v) is 10.4. The Labute approximate surface area is 185 Å². The van der Waals surface area contributed by atoms with Crippen LogP contribution in [-0.2, 0) is 20.7 Å². The highest BCUT2D eigenvalue weighted by atomic mass is 16.5. The normalized spacial score (nSPS) is 12.9. The zero-order chi connectivity index (χ0) is 23.4. The van der Waals surface area contributed by atoms with Crippen molar-refractivity contribution >= 4 is 23.0 Å². The average molecular weight is 441 g/mol. The van der Waals surface area contributed by atoms with Gasteiger partial charge in [0.05, 0.1) is 26.2 Å². The number of methoxy groups -OCH3 is 2. The molecule has 3 rings (SSSR count). The molecule has 0 bridgehead atoms. The predicted octanol–water partition coefficient (Wildman–Crippen LogP) is 3.62. The fourth-order valence-electron chi connectivity index (χ4n) is 3.48. The fraction of sp³-hybridized carbons (Fsp3) is 0.375. The van der Waals surface area contributed by atoms with E-state index >= 15 is 0 Å². The molecule has 0 fully saturated rings. The number of rotatable bonds is 8. The van der Waals surface area contributed by atoms with Crippen LogP contribution >= 0.6 is 0 Å². The van der Waals surface area contributed by atoms with Crippen LogP contribution in [0.25, 0.3) is 22.5 Å². The van der Waals surface area contributed by atoms with Crippen LogP contribution in [0.3, 0.4) is 0 Å². The van der Waals surface area contributed by atoms with Gasteiger partial charge in [-0.1, -0.05) is 20.3 Å². The summed E-state index contributed by atoms with van der Waals surface area (Å²) in [5, 5.41) is 2.75. The Morgan fingerprint density at radius 1 is 1.09 bits per heavy atom. The Bertz CT molecular complexity index is 1170. The molecule has 0 radical (unpaired) electrons. The van der Waals surface area contributed by atoms with E-state index < -0.39 is 17.9 Å². The summed E-state index contributed by atoms with van der Waals surface area (Å²) < 4.78 is 21.7. The van der Waals surface area contributed by atoms with Crippen LogP contribution in [-0.4, -0.2) is 32.1 Å². The number of carbonyl (C=O) groups excluding carboxylic acids is 2. The third-order valence-electron chi connectivity index (χ3n) is 5.45. The van der Waals surface area contributed by atoms with Gasteiger partial charge in [-0.25, -0.2) is 4.79 Å². The summed E-state index contributed by atoms with van der Waals surface area (Å²) in [5.74, 6) is 0.364. The third kappa shape index (κ3) is 4.69. The zero-order valence-corrected chi connectivity index (χ0v) is 18.8. The molecular weight excluding hydrogens is 414 g/mol. The Morgan fingerprint density at radius 2 is 1.78 bits per heavy atom. The van der Waals surface area contributed by atoms with Crippen molar-refractivity contribution in [2.24, 2.45) is 5.92 Å². The van der Waals surface area contributed by atoms with Gasteiger partial charge in [0.1, 0.15) is 23.3 Å². The molecule has 2 unspecified atom stereocenters. The molecule has 170 valence electrons. The quantitative estimate of drug-likeness (QED) is 0.532. The number of esters is 1. The van der Waals surface area contributed by atoms with Crippen LogP contribution in [0, 0.1) is 12.8 Å². The zero-order valence-electron chi connectivity index (χ0n) is 18.8. The molecule has 1 aromatic carbocycles. The van der Waals surface area contributed by atoms with E-state index in [9.17, 15) is 14.4 Å². The van der Waals surface area contributed by atoms with Crippen molar-refractivity contribution in [1.29, 1.82) is 0 Å². The van der Waals surface area contributed by atoms with Crippen LogP contribution in [0.15, 0.2) is 44.0 Å². The number of hydrogen-bond acceptors (Lipinski definition) is 7. The summed E-state index contributed by atoms with van der Waals surface area (Å²) in [6.45, 7) is 5.44. The summed E-state index contributed by atoms with van der Waals surface area (Å²) in [6.07, 6.45) is 0.532. The molecule has 3 aromatic rings. The van der Waals surface area contributed by atoms with E-state index in [-0.39, 0.29) is 28.9 Å².